The molecule has 0 radical (unpaired) electrons. The second kappa shape index (κ2) is 6.62. The lowest BCUT2D eigenvalue weighted by Gasteiger charge is -2.34. The van der Waals surface area contributed by atoms with Crippen molar-refractivity contribution in [2.75, 3.05) is 26.2 Å². The van der Waals surface area contributed by atoms with E-state index in [1.807, 2.05) is 13.0 Å². The minimum absolute atomic E-state index is 0.0527. The molecule has 3 aromatic rings. The molecule has 1 aromatic carbocycles. The molecular formula is C18H19N5O3. The maximum Gasteiger partial charge on any atom is 0.289 e. The molecule has 0 N–H and O–H groups in total. The van der Waals surface area contributed by atoms with Gasteiger partial charge in [-0.1, -0.05) is 5.21 Å². The Morgan fingerprint density at radius 1 is 1.08 bits per heavy atom. The van der Waals surface area contributed by atoms with Gasteiger partial charge in [-0.15, -0.1) is 5.10 Å². The molecule has 4 rings (SSSR count). The van der Waals surface area contributed by atoms with Crippen LogP contribution >= 0.6 is 0 Å². The zero-order valence-corrected chi connectivity index (χ0v) is 14.5. The Hall–Kier alpha value is -3.16. The first-order chi connectivity index (χ1) is 12.7. The van der Waals surface area contributed by atoms with Crippen LogP contribution in [0.15, 0.2) is 41.0 Å². The van der Waals surface area contributed by atoms with Gasteiger partial charge in [-0.05, 0) is 37.3 Å². The van der Waals surface area contributed by atoms with Gasteiger partial charge in [-0.2, -0.15) is 0 Å². The fraction of sp³-hybridized carbons (Fsp3) is 0.333. The zero-order valence-electron chi connectivity index (χ0n) is 14.5. The van der Waals surface area contributed by atoms with E-state index in [0.29, 0.717) is 43.0 Å². The van der Waals surface area contributed by atoms with E-state index >= 15 is 0 Å². The van der Waals surface area contributed by atoms with E-state index in [1.165, 1.54) is 6.26 Å². The number of furan rings is 1. The first-order valence-electron chi connectivity index (χ1n) is 8.62. The van der Waals surface area contributed by atoms with E-state index < -0.39 is 0 Å². The highest BCUT2D eigenvalue weighted by molar-refractivity contribution is 5.97. The highest BCUT2D eigenvalue weighted by Crippen LogP contribution is 2.17. The van der Waals surface area contributed by atoms with Crippen molar-refractivity contribution < 1.29 is 14.0 Å². The highest BCUT2D eigenvalue weighted by Gasteiger charge is 2.26. The SMILES string of the molecule is CCn1nnc2cc(C(=O)N3CCN(C(=O)c4ccco4)CC3)ccc21. The lowest BCUT2D eigenvalue weighted by Crippen LogP contribution is -2.50. The quantitative estimate of drug-likeness (QED) is 0.715. The number of amides is 2. The van der Waals surface area contributed by atoms with Crippen molar-refractivity contribution in [3.63, 3.8) is 0 Å². The molecule has 26 heavy (non-hydrogen) atoms. The van der Waals surface area contributed by atoms with Gasteiger partial charge in [0.1, 0.15) is 5.52 Å². The van der Waals surface area contributed by atoms with E-state index in [4.69, 9.17) is 4.42 Å². The summed E-state index contributed by atoms with van der Waals surface area (Å²) in [5.74, 6) is 0.136. The fourth-order valence-electron chi connectivity index (χ4n) is 3.19. The largest absolute Gasteiger partial charge is 0.459 e. The van der Waals surface area contributed by atoms with E-state index in [1.54, 1.807) is 38.7 Å². The van der Waals surface area contributed by atoms with Gasteiger partial charge >= 0.3 is 0 Å². The summed E-state index contributed by atoms with van der Waals surface area (Å²) in [6.07, 6.45) is 1.48. The first kappa shape index (κ1) is 16.3. The number of hydrogen-bond acceptors (Lipinski definition) is 5. The van der Waals surface area contributed by atoms with Crippen LogP contribution in [0.3, 0.4) is 0 Å². The summed E-state index contributed by atoms with van der Waals surface area (Å²) in [7, 11) is 0. The molecule has 1 fully saturated rings. The number of aromatic nitrogens is 3. The van der Waals surface area contributed by atoms with Crippen LogP contribution in [0.25, 0.3) is 11.0 Å². The molecule has 0 bridgehead atoms. The van der Waals surface area contributed by atoms with Crippen molar-refractivity contribution in [2.24, 2.45) is 0 Å². The van der Waals surface area contributed by atoms with Crippen LogP contribution in [0.2, 0.25) is 0 Å². The van der Waals surface area contributed by atoms with Gasteiger partial charge in [-0.3, -0.25) is 9.59 Å². The van der Waals surface area contributed by atoms with Crippen molar-refractivity contribution in [1.82, 2.24) is 24.8 Å². The fourth-order valence-corrected chi connectivity index (χ4v) is 3.19. The third-order valence-corrected chi connectivity index (χ3v) is 4.65. The predicted molar refractivity (Wildman–Crippen MR) is 93.7 cm³/mol. The molecule has 0 atom stereocenters. The molecule has 2 amide bonds. The standard InChI is InChI=1S/C18H19N5O3/c1-2-23-15-6-5-13(12-14(15)19-20-23)17(24)21-7-9-22(10-8-21)18(25)16-4-3-11-26-16/h3-6,11-12H,2,7-10H2,1H3. The van der Waals surface area contributed by atoms with Gasteiger partial charge in [0.05, 0.1) is 11.8 Å². The molecule has 0 unspecified atom stereocenters. The number of rotatable bonds is 3. The Labute approximate surface area is 150 Å². The van der Waals surface area contributed by atoms with Gasteiger partial charge in [0, 0.05) is 38.3 Å². The third-order valence-electron chi connectivity index (χ3n) is 4.65. The summed E-state index contributed by atoms with van der Waals surface area (Å²) < 4.78 is 6.95. The summed E-state index contributed by atoms with van der Waals surface area (Å²) in [6.45, 7) is 4.68. The van der Waals surface area contributed by atoms with Crippen LogP contribution in [-0.4, -0.2) is 62.8 Å². The molecule has 0 saturated carbocycles. The highest BCUT2D eigenvalue weighted by atomic mass is 16.3. The zero-order chi connectivity index (χ0) is 18.1. The lowest BCUT2D eigenvalue weighted by atomic mass is 10.1. The van der Waals surface area contributed by atoms with Crippen molar-refractivity contribution in [2.45, 2.75) is 13.5 Å². The molecule has 0 spiro atoms. The maximum atomic E-state index is 12.8. The molecule has 2 aromatic heterocycles. The molecule has 0 aliphatic carbocycles. The smallest absolute Gasteiger partial charge is 0.289 e. The van der Waals surface area contributed by atoms with Crippen LogP contribution in [0.1, 0.15) is 27.8 Å². The van der Waals surface area contributed by atoms with Crippen molar-refractivity contribution in [1.29, 1.82) is 0 Å². The molecule has 3 heterocycles. The minimum Gasteiger partial charge on any atom is -0.459 e. The van der Waals surface area contributed by atoms with Crippen LogP contribution in [0.4, 0.5) is 0 Å². The van der Waals surface area contributed by atoms with Crippen molar-refractivity contribution >= 4 is 22.8 Å². The van der Waals surface area contributed by atoms with Gasteiger partial charge in [0.2, 0.25) is 0 Å². The molecule has 8 nitrogen and oxygen atoms in total. The molecule has 134 valence electrons. The van der Waals surface area contributed by atoms with Gasteiger partial charge in [0.15, 0.2) is 5.76 Å². The number of nitrogens with zero attached hydrogens (tertiary/aromatic N) is 5. The predicted octanol–water partition coefficient (Wildman–Crippen LogP) is 1.64. The number of carbonyl (C=O) groups is 2. The Kier molecular flexibility index (Phi) is 4.16. The number of hydrogen-bond donors (Lipinski definition) is 0. The molecule has 8 heteroatoms. The average molecular weight is 353 g/mol. The van der Waals surface area contributed by atoms with Crippen LogP contribution in [-0.2, 0) is 6.54 Å². The Morgan fingerprint density at radius 2 is 1.81 bits per heavy atom. The van der Waals surface area contributed by atoms with Crippen molar-refractivity contribution in [3.05, 3.63) is 47.9 Å². The first-order valence-corrected chi connectivity index (χ1v) is 8.62. The lowest BCUT2D eigenvalue weighted by molar-refractivity contribution is 0.0518. The van der Waals surface area contributed by atoms with E-state index in [0.717, 1.165) is 12.1 Å². The van der Waals surface area contributed by atoms with E-state index in [2.05, 4.69) is 10.3 Å². The summed E-state index contributed by atoms with van der Waals surface area (Å²) in [5.41, 5.74) is 2.22. The number of benzene rings is 1. The van der Waals surface area contributed by atoms with Crippen LogP contribution < -0.4 is 0 Å². The summed E-state index contributed by atoms with van der Waals surface area (Å²) in [5, 5.41) is 8.19. The molecule has 1 saturated heterocycles. The maximum absolute atomic E-state index is 12.8. The van der Waals surface area contributed by atoms with Crippen molar-refractivity contribution in [3.8, 4) is 0 Å². The second-order valence-corrected chi connectivity index (χ2v) is 6.17. The van der Waals surface area contributed by atoms with E-state index in [-0.39, 0.29) is 11.8 Å². The summed E-state index contributed by atoms with van der Waals surface area (Å²) >= 11 is 0. The monoisotopic (exact) mass is 353 g/mol. The minimum atomic E-state index is -0.139. The normalized spacial score (nSPS) is 14.8. The number of piperazine rings is 1. The summed E-state index contributed by atoms with van der Waals surface area (Å²) in [4.78, 5) is 28.5. The van der Waals surface area contributed by atoms with Crippen LogP contribution in [0, 0.1) is 0 Å². The second-order valence-electron chi connectivity index (χ2n) is 6.17. The Bertz CT molecular complexity index is 939. The number of carbonyl (C=O) groups excluding carboxylic acids is 2. The average Bonchev–Trinajstić information content (AvgIpc) is 3.36. The van der Waals surface area contributed by atoms with Crippen LogP contribution in [0.5, 0.6) is 0 Å². The number of fused-ring (bicyclic) bond motifs is 1. The molecule has 1 aliphatic heterocycles. The Morgan fingerprint density at radius 3 is 2.46 bits per heavy atom. The number of aryl methyl sites for hydroxylation is 1. The Balaban J connectivity index is 1.44. The molecular weight excluding hydrogens is 334 g/mol. The van der Waals surface area contributed by atoms with E-state index in [9.17, 15) is 9.59 Å². The summed E-state index contributed by atoms with van der Waals surface area (Å²) in [6, 6.07) is 8.80. The van der Waals surface area contributed by atoms with Gasteiger partial charge in [0.25, 0.3) is 11.8 Å². The van der Waals surface area contributed by atoms with Gasteiger partial charge in [-0.25, -0.2) is 4.68 Å². The van der Waals surface area contributed by atoms with Gasteiger partial charge < -0.3 is 14.2 Å². The topological polar surface area (TPSA) is 84.5 Å². The third kappa shape index (κ3) is 2.83. The molecule has 1 aliphatic rings.